The van der Waals surface area contributed by atoms with E-state index >= 15 is 0 Å². The van der Waals surface area contributed by atoms with Gasteiger partial charge in [0, 0.05) is 0 Å². The lowest BCUT2D eigenvalue weighted by molar-refractivity contribution is 0.566. The summed E-state index contributed by atoms with van der Waals surface area (Å²) in [5.41, 5.74) is 7.82. The molecule has 0 saturated heterocycles. The van der Waals surface area contributed by atoms with Crippen LogP contribution in [0.3, 0.4) is 0 Å². The monoisotopic (exact) mass is 239 g/mol. The van der Waals surface area contributed by atoms with Crippen LogP contribution in [-0.2, 0) is 0 Å². The van der Waals surface area contributed by atoms with Gasteiger partial charge in [0.05, 0.1) is 5.02 Å². The van der Waals surface area contributed by atoms with E-state index in [-0.39, 0.29) is 10.8 Å². The topological polar surface area (TPSA) is 26.0 Å². The minimum atomic E-state index is -0.360. The van der Waals surface area contributed by atoms with Crippen molar-refractivity contribution in [1.29, 1.82) is 0 Å². The molecule has 1 nitrogen and oxygen atoms in total. The van der Waals surface area contributed by atoms with Crippen LogP contribution >= 0.6 is 11.6 Å². The summed E-state index contributed by atoms with van der Waals surface area (Å²) in [7, 11) is 0. The fourth-order valence-corrected chi connectivity index (χ4v) is 2.34. The zero-order valence-electron chi connectivity index (χ0n) is 9.05. The fourth-order valence-electron chi connectivity index (χ4n) is 2.22. The first-order valence-electron chi connectivity index (χ1n) is 5.58. The van der Waals surface area contributed by atoms with E-state index in [4.69, 9.17) is 17.3 Å². The van der Waals surface area contributed by atoms with Gasteiger partial charge in [-0.15, -0.1) is 0 Å². The molecule has 1 aromatic carbocycles. The molecule has 0 aromatic heterocycles. The Kier molecular flexibility index (Phi) is 3.62. The average molecular weight is 240 g/mol. The van der Waals surface area contributed by atoms with E-state index in [0.717, 1.165) is 18.4 Å². The Morgan fingerprint density at radius 1 is 1.44 bits per heavy atom. The predicted octanol–water partition coefficient (Wildman–Crippen LogP) is 3.62. The molecule has 0 fully saturated rings. The van der Waals surface area contributed by atoms with Gasteiger partial charge in [-0.1, -0.05) is 23.7 Å². The second-order valence-electron chi connectivity index (χ2n) is 4.15. The van der Waals surface area contributed by atoms with E-state index in [1.807, 2.05) is 6.07 Å². The quantitative estimate of drug-likeness (QED) is 0.838. The van der Waals surface area contributed by atoms with Crippen molar-refractivity contribution in [2.45, 2.75) is 19.3 Å². The summed E-state index contributed by atoms with van der Waals surface area (Å²) >= 11 is 5.67. The lowest BCUT2D eigenvalue weighted by Gasteiger charge is -2.23. The molecule has 1 aliphatic carbocycles. The second-order valence-corrected chi connectivity index (χ2v) is 4.56. The van der Waals surface area contributed by atoms with E-state index in [2.05, 4.69) is 6.08 Å². The summed E-state index contributed by atoms with van der Waals surface area (Å²) in [6.45, 7) is 0.621. The van der Waals surface area contributed by atoms with Gasteiger partial charge in [-0.05, 0) is 55.0 Å². The first-order chi connectivity index (χ1) is 7.72. The number of hydrogen-bond acceptors (Lipinski definition) is 1. The van der Waals surface area contributed by atoms with E-state index in [9.17, 15) is 4.39 Å². The van der Waals surface area contributed by atoms with Gasteiger partial charge in [0.25, 0.3) is 0 Å². The van der Waals surface area contributed by atoms with Gasteiger partial charge in [-0.25, -0.2) is 4.39 Å². The molecule has 0 spiro atoms. The van der Waals surface area contributed by atoms with Crippen LogP contribution in [0.4, 0.5) is 4.39 Å². The molecule has 3 heteroatoms. The number of rotatable bonds is 2. The Balaban J connectivity index is 2.35. The van der Waals surface area contributed by atoms with E-state index in [1.165, 1.54) is 18.1 Å². The Morgan fingerprint density at radius 2 is 2.25 bits per heavy atom. The summed E-state index contributed by atoms with van der Waals surface area (Å²) in [6.07, 6.45) is 5.48. The van der Waals surface area contributed by atoms with Gasteiger partial charge in [0.1, 0.15) is 5.82 Å². The number of hydrogen-bond donors (Lipinski definition) is 1. The summed E-state index contributed by atoms with van der Waals surface area (Å²) in [5, 5.41) is 0.171. The van der Waals surface area contributed by atoms with Crippen LogP contribution < -0.4 is 5.73 Å². The Bertz CT molecular complexity index is 414. The third kappa shape index (κ3) is 2.28. The maximum Gasteiger partial charge on any atom is 0.142 e. The number of allylic oxidation sites excluding steroid dienone is 1. The molecule has 86 valence electrons. The standard InChI is InChI=1S/C13H15ClFN/c14-12-6-5-9(7-13(12)15)11-4-2-1-3-10(11)8-16/h4-7,10H,1-3,8,16H2/t10-/m1/s1. The average Bonchev–Trinajstić information content (AvgIpc) is 2.32. The molecule has 1 aliphatic rings. The largest absolute Gasteiger partial charge is 0.330 e. The van der Waals surface area contributed by atoms with E-state index in [0.29, 0.717) is 12.5 Å². The molecule has 2 N–H and O–H groups in total. The molecule has 0 unspecified atom stereocenters. The zero-order valence-corrected chi connectivity index (χ0v) is 9.80. The maximum absolute atomic E-state index is 13.4. The third-order valence-electron chi connectivity index (χ3n) is 3.10. The van der Waals surface area contributed by atoms with Gasteiger partial charge in [0.2, 0.25) is 0 Å². The van der Waals surface area contributed by atoms with Crippen molar-refractivity contribution < 1.29 is 4.39 Å². The van der Waals surface area contributed by atoms with Gasteiger partial charge in [-0.2, -0.15) is 0 Å². The summed E-state index contributed by atoms with van der Waals surface area (Å²) < 4.78 is 13.4. The van der Waals surface area contributed by atoms with E-state index in [1.54, 1.807) is 6.07 Å². The van der Waals surface area contributed by atoms with Crippen molar-refractivity contribution in [1.82, 2.24) is 0 Å². The van der Waals surface area contributed by atoms with Crippen LogP contribution in [0.1, 0.15) is 24.8 Å². The van der Waals surface area contributed by atoms with Crippen LogP contribution in [0.15, 0.2) is 24.3 Å². The minimum absolute atomic E-state index is 0.171. The molecular formula is C13H15ClFN. The summed E-state index contributed by atoms with van der Waals surface area (Å²) in [4.78, 5) is 0. The fraction of sp³-hybridized carbons (Fsp3) is 0.385. The first-order valence-corrected chi connectivity index (χ1v) is 5.95. The molecule has 0 saturated carbocycles. The number of nitrogens with two attached hydrogens (primary N) is 1. The van der Waals surface area contributed by atoms with Crippen molar-refractivity contribution in [3.05, 3.63) is 40.7 Å². The first kappa shape index (κ1) is 11.6. The predicted molar refractivity (Wildman–Crippen MR) is 65.8 cm³/mol. The Morgan fingerprint density at radius 3 is 2.94 bits per heavy atom. The van der Waals surface area contributed by atoms with E-state index < -0.39 is 0 Å². The normalized spacial score (nSPS) is 20.7. The second kappa shape index (κ2) is 4.98. The smallest absolute Gasteiger partial charge is 0.142 e. The molecule has 0 radical (unpaired) electrons. The van der Waals surface area contributed by atoms with Crippen molar-refractivity contribution >= 4 is 17.2 Å². The SMILES string of the molecule is NC[C@H]1CCCC=C1c1ccc(Cl)c(F)c1. The molecule has 0 amide bonds. The highest BCUT2D eigenvalue weighted by Gasteiger charge is 2.18. The molecular weight excluding hydrogens is 225 g/mol. The molecule has 0 bridgehead atoms. The van der Waals surface area contributed by atoms with Crippen LogP contribution in [0.25, 0.3) is 5.57 Å². The van der Waals surface area contributed by atoms with Gasteiger partial charge in [0.15, 0.2) is 0 Å². The number of halogens is 2. The molecule has 1 atom stereocenters. The highest BCUT2D eigenvalue weighted by Crippen LogP contribution is 2.33. The maximum atomic E-state index is 13.4. The highest BCUT2D eigenvalue weighted by atomic mass is 35.5. The van der Waals surface area contributed by atoms with Gasteiger partial charge in [-0.3, -0.25) is 0 Å². The van der Waals surface area contributed by atoms with Crippen LogP contribution in [0.2, 0.25) is 5.02 Å². The summed E-state index contributed by atoms with van der Waals surface area (Å²) in [6, 6.07) is 4.97. The van der Waals surface area contributed by atoms with Crippen LogP contribution in [0, 0.1) is 11.7 Å². The lowest BCUT2D eigenvalue weighted by Crippen LogP contribution is -2.18. The third-order valence-corrected chi connectivity index (χ3v) is 3.40. The lowest BCUT2D eigenvalue weighted by atomic mass is 9.84. The highest BCUT2D eigenvalue weighted by molar-refractivity contribution is 6.30. The Hall–Kier alpha value is -0.860. The van der Waals surface area contributed by atoms with Crippen LogP contribution in [-0.4, -0.2) is 6.54 Å². The van der Waals surface area contributed by atoms with Crippen molar-refractivity contribution in [3.8, 4) is 0 Å². The van der Waals surface area contributed by atoms with Gasteiger partial charge < -0.3 is 5.73 Å². The molecule has 16 heavy (non-hydrogen) atoms. The van der Waals surface area contributed by atoms with Gasteiger partial charge >= 0.3 is 0 Å². The van der Waals surface area contributed by atoms with Crippen LogP contribution in [0.5, 0.6) is 0 Å². The zero-order chi connectivity index (χ0) is 11.5. The molecule has 1 aromatic rings. The van der Waals surface area contributed by atoms with Crippen molar-refractivity contribution in [2.75, 3.05) is 6.54 Å². The molecule has 0 heterocycles. The molecule has 0 aliphatic heterocycles. The number of benzene rings is 1. The Labute approximate surface area is 100 Å². The summed E-state index contributed by atoms with van der Waals surface area (Å²) in [5.74, 6) is -0.00395. The molecule has 2 rings (SSSR count). The minimum Gasteiger partial charge on any atom is -0.330 e. The van der Waals surface area contributed by atoms with Crippen molar-refractivity contribution in [2.24, 2.45) is 11.7 Å². The van der Waals surface area contributed by atoms with Crippen molar-refractivity contribution in [3.63, 3.8) is 0 Å².